The van der Waals surface area contributed by atoms with Crippen LogP contribution in [0.3, 0.4) is 0 Å². The fraction of sp³-hybridized carbons (Fsp3) is 0.300. The molecule has 0 saturated carbocycles. The Bertz CT molecular complexity index is 1410. The van der Waals surface area contributed by atoms with Gasteiger partial charge in [-0.15, -0.1) is 0 Å². The Hall–Kier alpha value is -5.00. The van der Waals surface area contributed by atoms with Gasteiger partial charge in [0.15, 0.2) is 11.5 Å². The maximum Gasteiger partial charge on any atom is 0.321 e. The zero-order chi connectivity index (χ0) is 30.2. The molecule has 1 fully saturated rings. The number of carbonyl (C=O) groups is 3. The van der Waals surface area contributed by atoms with Crippen LogP contribution < -0.4 is 29.6 Å². The number of halogens is 1. The largest absolute Gasteiger partial charge is 0.497 e. The molecule has 222 valence electrons. The molecule has 1 unspecified atom stereocenters. The summed E-state index contributed by atoms with van der Waals surface area (Å²) < 4.78 is 34.7. The summed E-state index contributed by atoms with van der Waals surface area (Å²) in [4.78, 5) is 43.3. The molecule has 4 amide bonds. The minimum absolute atomic E-state index is 0.0730. The smallest absolute Gasteiger partial charge is 0.321 e. The van der Waals surface area contributed by atoms with Crippen LogP contribution in [0, 0.1) is 5.82 Å². The number of nitrogens with one attached hydrogen (secondary N) is 2. The number of carbonyl (C=O) groups excluding carboxylic acids is 3. The molecule has 2 N–H and O–H groups in total. The molecule has 0 bridgehead atoms. The number of rotatable bonds is 9. The minimum atomic E-state index is -1.02. The lowest BCUT2D eigenvalue weighted by Crippen LogP contribution is -2.62. The first-order valence-corrected chi connectivity index (χ1v) is 13.1. The highest BCUT2D eigenvalue weighted by atomic mass is 19.1. The van der Waals surface area contributed by atoms with E-state index in [0.29, 0.717) is 17.2 Å². The first kappa shape index (κ1) is 30.0. The highest BCUT2D eigenvalue weighted by molar-refractivity contribution is 5.99. The standard InChI is InChI=1S/C30H33FN4O7/c1-39-23-7-5-6-19(14-23)17-32-28(36)24-18-34(30(38)33-22-10-8-21(31)9-11-22)12-13-35(24)29(37)20-15-25(40-2)27(42-4)26(16-20)41-3/h5-11,14-16,24H,12-13,17-18H2,1-4H3,(H,32,36)(H,33,38). The third kappa shape index (κ3) is 6.82. The monoisotopic (exact) mass is 580 g/mol. The van der Waals surface area contributed by atoms with E-state index >= 15 is 0 Å². The van der Waals surface area contributed by atoms with Gasteiger partial charge in [-0.05, 0) is 54.1 Å². The van der Waals surface area contributed by atoms with Crippen LogP contribution in [-0.4, -0.2) is 81.8 Å². The van der Waals surface area contributed by atoms with Gasteiger partial charge in [0.25, 0.3) is 5.91 Å². The van der Waals surface area contributed by atoms with Gasteiger partial charge in [-0.3, -0.25) is 9.59 Å². The van der Waals surface area contributed by atoms with Crippen LogP contribution in [0.25, 0.3) is 0 Å². The molecule has 0 spiro atoms. The fourth-order valence-corrected chi connectivity index (χ4v) is 4.63. The summed E-state index contributed by atoms with van der Waals surface area (Å²) in [6.45, 7) is 0.333. The van der Waals surface area contributed by atoms with E-state index in [1.165, 1.54) is 67.5 Å². The number of urea groups is 1. The van der Waals surface area contributed by atoms with E-state index in [0.717, 1.165) is 5.56 Å². The van der Waals surface area contributed by atoms with Crippen molar-refractivity contribution < 1.29 is 37.7 Å². The van der Waals surface area contributed by atoms with Crippen molar-refractivity contribution in [2.45, 2.75) is 12.6 Å². The highest BCUT2D eigenvalue weighted by Gasteiger charge is 2.38. The Labute approximate surface area is 243 Å². The predicted molar refractivity (Wildman–Crippen MR) is 153 cm³/mol. The van der Waals surface area contributed by atoms with Gasteiger partial charge >= 0.3 is 6.03 Å². The summed E-state index contributed by atoms with van der Waals surface area (Å²) in [6.07, 6.45) is 0. The fourth-order valence-electron chi connectivity index (χ4n) is 4.63. The Morgan fingerprint density at radius 1 is 0.881 bits per heavy atom. The quantitative estimate of drug-likeness (QED) is 0.398. The van der Waals surface area contributed by atoms with Crippen LogP contribution in [0.4, 0.5) is 14.9 Å². The first-order valence-electron chi connectivity index (χ1n) is 13.1. The van der Waals surface area contributed by atoms with Crippen LogP contribution in [0.1, 0.15) is 15.9 Å². The van der Waals surface area contributed by atoms with Crippen molar-refractivity contribution in [2.24, 2.45) is 0 Å². The zero-order valence-electron chi connectivity index (χ0n) is 23.8. The maximum atomic E-state index is 13.8. The topological polar surface area (TPSA) is 119 Å². The number of nitrogens with zero attached hydrogens (tertiary/aromatic N) is 2. The van der Waals surface area contributed by atoms with Crippen molar-refractivity contribution in [2.75, 3.05) is 53.4 Å². The summed E-state index contributed by atoms with van der Waals surface area (Å²) in [7, 11) is 5.90. The number of hydrogen-bond donors (Lipinski definition) is 2. The van der Waals surface area contributed by atoms with Crippen molar-refractivity contribution in [3.63, 3.8) is 0 Å². The van der Waals surface area contributed by atoms with Crippen molar-refractivity contribution in [1.82, 2.24) is 15.1 Å². The number of hydrogen-bond acceptors (Lipinski definition) is 7. The Morgan fingerprint density at radius 3 is 2.19 bits per heavy atom. The molecule has 3 aromatic carbocycles. The minimum Gasteiger partial charge on any atom is -0.497 e. The number of ether oxygens (including phenoxy) is 4. The van der Waals surface area contributed by atoms with E-state index in [2.05, 4.69) is 10.6 Å². The zero-order valence-corrected chi connectivity index (χ0v) is 23.8. The molecule has 1 saturated heterocycles. The van der Waals surface area contributed by atoms with Crippen molar-refractivity contribution in [3.05, 3.63) is 77.6 Å². The average molecular weight is 581 g/mol. The van der Waals surface area contributed by atoms with Crippen molar-refractivity contribution >= 4 is 23.5 Å². The molecular weight excluding hydrogens is 547 g/mol. The molecule has 1 aliphatic heterocycles. The van der Waals surface area contributed by atoms with E-state index in [1.54, 1.807) is 19.2 Å². The van der Waals surface area contributed by atoms with E-state index < -0.39 is 29.7 Å². The maximum absolute atomic E-state index is 13.8. The lowest BCUT2D eigenvalue weighted by Gasteiger charge is -2.40. The van der Waals surface area contributed by atoms with Crippen LogP contribution in [0.15, 0.2) is 60.7 Å². The second-order valence-corrected chi connectivity index (χ2v) is 9.38. The van der Waals surface area contributed by atoms with E-state index in [9.17, 15) is 18.8 Å². The van der Waals surface area contributed by atoms with Gasteiger partial charge in [-0.1, -0.05) is 12.1 Å². The second-order valence-electron chi connectivity index (χ2n) is 9.38. The van der Waals surface area contributed by atoms with Crippen molar-refractivity contribution in [1.29, 1.82) is 0 Å². The van der Waals surface area contributed by atoms with Crippen LogP contribution in [0.5, 0.6) is 23.0 Å². The SMILES string of the molecule is COc1cccc(CNC(=O)C2CN(C(=O)Nc3ccc(F)cc3)CCN2C(=O)c2cc(OC)c(OC)c(OC)c2)c1. The summed E-state index contributed by atoms with van der Waals surface area (Å²) in [5.41, 5.74) is 1.42. The molecule has 42 heavy (non-hydrogen) atoms. The number of benzene rings is 3. The molecule has 1 atom stereocenters. The summed E-state index contributed by atoms with van der Waals surface area (Å²) in [6, 6.07) is 14.1. The van der Waals surface area contributed by atoms with Gasteiger partial charge in [0.1, 0.15) is 17.6 Å². The Kier molecular flexibility index (Phi) is 9.69. The van der Waals surface area contributed by atoms with Crippen LogP contribution >= 0.6 is 0 Å². The van der Waals surface area contributed by atoms with Gasteiger partial charge in [-0.25, -0.2) is 9.18 Å². The van der Waals surface area contributed by atoms with Crippen LogP contribution in [-0.2, 0) is 11.3 Å². The van der Waals surface area contributed by atoms with Gasteiger partial charge in [0.2, 0.25) is 11.7 Å². The normalized spacial score (nSPS) is 14.5. The molecule has 4 rings (SSSR count). The number of anilines is 1. The Morgan fingerprint density at radius 2 is 1.57 bits per heavy atom. The first-order chi connectivity index (χ1) is 20.3. The lowest BCUT2D eigenvalue weighted by molar-refractivity contribution is -0.127. The van der Waals surface area contributed by atoms with E-state index in [4.69, 9.17) is 18.9 Å². The van der Waals surface area contributed by atoms with Gasteiger partial charge in [-0.2, -0.15) is 0 Å². The number of methoxy groups -OCH3 is 4. The van der Waals surface area contributed by atoms with Gasteiger partial charge in [0, 0.05) is 30.9 Å². The molecule has 11 nitrogen and oxygen atoms in total. The second kappa shape index (κ2) is 13.6. The number of amides is 4. The average Bonchev–Trinajstić information content (AvgIpc) is 3.03. The molecule has 3 aromatic rings. The van der Waals surface area contributed by atoms with Crippen molar-refractivity contribution in [3.8, 4) is 23.0 Å². The lowest BCUT2D eigenvalue weighted by atomic mass is 10.1. The van der Waals surface area contributed by atoms with Gasteiger partial charge in [0.05, 0.1) is 35.0 Å². The summed E-state index contributed by atoms with van der Waals surface area (Å²) in [5, 5.41) is 5.59. The molecule has 1 heterocycles. The third-order valence-corrected chi connectivity index (χ3v) is 6.84. The molecular formula is C30H33FN4O7. The van der Waals surface area contributed by atoms with Crippen LogP contribution in [0.2, 0.25) is 0 Å². The molecule has 0 radical (unpaired) electrons. The predicted octanol–water partition coefficient (Wildman–Crippen LogP) is 3.54. The Balaban J connectivity index is 1.58. The molecule has 1 aliphatic rings. The number of piperazine rings is 1. The molecule has 12 heteroatoms. The molecule has 0 aliphatic carbocycles. The summed E-state index contributed by atoms with van der Waals surface area (Å²) in [5.74, 6) is 0.216. The van der Waals surface area contributed by atoms with Gasteiger partial charge < -0.3 is 39.4 Å². The summed E-state index contributed by atoms with van der Waals surface area (Å²) >= 11 is 0. The highest BCUT2D eigenvalue weighted by Crippen LogP contribution is 2.38. The van der Waals surface area contributed by atoms with E-state index in [1.807, 2.05) is 12.1 Å². The molecule has 0 aromatic heterocycles. The third-order valence-electron chi connectivity index (χ3n) is 6.84. The van der Waals surface area contributed by atoms with E-state index in [-0.39, 0.29) is 43.2 Å².